The maximum atomic E-state index is 12.7. The highest BCUT2D eigenvalue weighted by Crippen LogP contribution is 2.30. The standard InChI is InChI=1S/C22H22F3N5O2S/c1-15-3-2-4-18(13-15)30-20(29-9-11-32-12-10-29)27-28-21(30)33-14-19(31)26-17-7-5-16(6-8-17)22(23,24)25/h2-8,13H,9-12,14H2,1H3,(H,26,31). The van der Waals surface area contributed by atoms with Gasteiger partial charge in [-0.3, -0.25) is 9.36 Å². The third-order valence-corrected chi connectivity index (χ3v) is 5.93. The molecule has 1 N–H and O–H groups in total. The summed E-state index contributed by atoms with van der Waals surface area (Å²) in [5, 5.41) is 11.8. The molecule has 0 bridgehead atoms. The summed E-state index contributed by atoms with van der Waals surface area (Å²) in [6, 6.07) is 12.2. The van der Waals surface area contributed by atoms with Crippen LogP contribution in [0.5, 0.6) is 0 Å². The van der Waals surface area contributed by atoms with E-state index in [2.05, 4.69) is 20.4 Å². The lowest BCUT2D eigenvalue weighted by atomic mass is 10.2. The second-order valence-corrected chi connectivity index (χ2v) is 8.41. The summed E-state index contributed by atoms with van der Waals surface area (Å²) in [5.74, 6) is 0.342. The first-order valence-electron chi connectivity index (χ1n) is 10.3. The molecule has 1 amide bonds. The Morgan fingerprint density at radius 1 is 1.12 bits per heavy atom. The molecular weight excluding hydrogens is 455 g/mol. The molecule has 33 heavy (non-hydrogen) atoms. The maximum absolute atomic E-state index is 12.7. The molecule has 2 heterocycles. The Labute approximate surface area is 192 Å². The quantitative estimate of drug-likeness (QED) is 0.538. The van der Waals surface area contributed by atoms with Gasteiger partial charge in [0, 0.05) is 18.8 Å². The molecule has 1 saturated heterocycles. The van der Waals surface area contributed by atoms with Gasteiger partial charge in [-0.1, -0.05) is 23.9 Å². The van der Waals surface area contributed by atoms with Crippen molar-refractivity contribution in [1.29, 1.82) is 0 Å². The number of hydrogen-bond acceptors (Lipinski definition) is 6. The fourth-order valence-corrected chi connectivity index (χ4v) is 4.13. The predicted octanol–water partition coefficient (Wildman–Crippen LogP) is 4.16. The minimum atomic E-state index is -4.42. The zero-order valence-electron chi connectivity index (χ0n) is 17.8. The second-order valence-electron chi connectivity index (χ2n) is 7.47. The Kier molecular flexibility index (Phi) is 6.89. The number of nitrogens with zero attached hydrogens (tertiary/aromatic N) is 4. The number of carbonyl (C=O) groups is 1. The topological polar surface area (TPSA) is 72.3 Å². The molecule has 1 aliphatic rings. The van der Waals surface area contributed by atoms with E-state index in [1.807, 2.05) is 35.8 Å². The highest BCUT2D eigenvalue weighted by molar-refractivity contribution is 7.99. The molecule has 174 valence electrons. The summed E-state index contributed by atoms with van der Waals surface area (Å²) in [6.07, 6.45) is -4.42. The van der Waals surface area contributed by atoms with Crippen LogP contribution in [0.3, 0.4) is 0 Å². The van der Waals surface area contributed by atoms with E-state index >= 15 is 0 Å². The van der Waals surface area contributed by atoms with Crippen LogP contribution >= 0.6 is 11.8 Å². The van der Waals surface area contributed by atoms with Crippen molar-refractivity contribution in [2.45, 2.75) is 18.3 Å². The summed E-state index contributed by atoms with van der Waals surface area (Å²) < 4.78 is 45.5. The number of thioether (sulfide) groups is 1. The molecule has 7 nitrogen and oxygen atoms in total. The summed E-state index contributed by atoms with van der Waals surface area (Å²) in [6.45, 7) is 4.55. The van der Waals surface area contributed by atoms with Gasteiger partial charge in [0.05, 0.1) is 30.2 Å². The molecule has 0 atom stereocenters. The Hall–Kier alpha value is -3.05. The van der Waals surface area contributed by atoms with Crippen LogP contribution in [-0.2, 0) is 15.7 Å². The van der Waals surface area contributed by atoms with Crippen LogP contribution < -0.4 is 10.2 Å². The molecule has 1 aliphatic heterocycles. The minimum Gasteiger partial charge on any atom is -0.378 e. The normalized spacial score (nSPS) is 14.4. The van der Waals surface area contributed by atoms with Gasteiger partial charge in [0.2, 0.25) is 11.9 Å². The van der Waals surface area contributed by atoms with Gasteiger partial charge < -0.3 is 15.0 Å². The molecule has 0 saturated carbocycles. The Bertz CT molecular complexity index is 1110. The molecule has 0 aliphatic carbocycles. The predicted molar refractivity (Wildman–Crippen MR) is 120 cm³/mol. The van der Waals surface area contributed by atoms with Crippen molar-refractivity contribution < 1.29 is 22.7 Å². The number of carbonyl (C=O) groups excluding carboxylic acids is 1. The van der Waals surface area contributed by atoms with Gasteiger partial charge in [0.25, 0.3) is 0 Å². The first-order valence-corrected chi connectivity index (χ1v) is 11.2. The lowest BCUT2D eigenvalue weighted by molar-refractivity contribution is -0.137. The number of aryl methyl sites for hydroxylation is 1. The second kappa shape index (κ2) is 9.84. The van der Waals surface area contributed by atoms with Crippen molar-refractivity contribution in [3.63, 3.8) is 0 Å². The van der Waals surface area contributed by atoms with E-state index < -0.39 is 11.7 Å². The first kappa shape index (κ1) is 23.1. The van der Waals surface area contributed by atoms with Crippen molar-refractivity contribution in [3.05, 3.63) is 59.7 Å². The van der Waals surface area contributed by atoms with Crippen LogP contribution in [0.2, 0.25) is 0 Å². The molecule has 1 fully saturated rings. The lowest BCUT2D eigenvalue weighted by Gasteiger charge is -2.28. The Morgan fingerprint density at radius 2 is 1.85 bits per heavy atom. The number of halogens is 3. The van der Waals surface area contributed by atoms with Crippen molar-refractivity contribution in [1.82, 2.24) is 14.8 Å². The minimum absolute atomic E-state index is 0.0219. The SMILES string of the molecule is Cc1cccc(-n2c(SCC(=O)Nc3ccc(C(F)(F)F)cc3)nnc2N2CCOCC2)c1. The van der Waals surface area contributed by atoms with Crippen molar-refractivity contribution in [2.24, 2.45) is 0 Å². The maximum Gasteiger partial charge on any atom is 0.416 e. The Morgan fingerprint density at radius 3 is 2.52 bits per heavy atom. The van der Waals surface area contributed by atoms with Gasteiger partial charge in [-0.2, -0.15) is 13.2 Å². The lowest BCUT2D eigenvalue weighted by Crippen LogP contribution is -2.37. The number of anilines is 2. The molecule has 0 unspecified atom stereocenters. The number of ether oxygens (including phenoxy) is 1. The summed E-state index contributed by atoms with van der Waals surface area (Å²) in [4.78, 5) is 14.5. The molecule has 4 rings (SSSR count). The summed E-state index contributed by atoms with van der Waals surface area (Å²) in [7, 11) is 0. The molecule has 3 aromatic rings. The highest BCUT2D eigenvalue weighted by atomic mass is 32.2. The molecule has 2 aromatic carbocycles. The number of amides is 1. The largest absolute Gasteiger partial charge is 0.416 e. The van der Waals surface area contributed by atoms with Crippen LogP contribution in [0.15, 0.2) is 53.7 Å². The van der Waals surface area contributed by atoms with Gasteiger partial charge in [-0.15, -0.1) is 10.2 Å². The fourth-order valence-electron chi connectivity index (χ4n) is 3.39. The number of alkyl halides is 3. The van der Waals surface area contributed by atoms with Crippen LogP contribution in [0, 0.1) is 6.92 Å². The van der Waals surface area contributed by atoms with Crippen LogP contribution in [0.25, 0.3) is 5.69 Å². The molecule has 0 radical (unpaired) electrons. The molecule has 1 aromatic heterocycles. The molecule has 11 heteroatoms. The van der Waals surface area contributed by atoms with Gasteiger partial charge in [-0.05, 0) is 48.9 Å². The van der Waals surface area contributed by atoms with Gasteiger partial charge in [-0.25, -0.2) is 0 Å². The Balaban J connectivity index is 1.49. The van der Waals surface area contributed by atoms with Gasteiger partial charge in [0.1, 0.15) is 0 Å². The van der Waals surface area contributed by atoms with Crippen LogP contribution in [0.4, 0.5) is 24.8 Å². The molecular formula is C22H22F3N5O2S. The van der Waals surface area contributed by atoms with Gasteiger partial charge >= 0.3 is 6.18 Å². The van der Waals surface area contributed by atoms with E-state index in [-0.39, 0.29) is 11.7 Å². The average molecular weight is 478 g/mol. The van der Waals surface area contributed by atoms with Crippen LogP contribution in [0.1, 0.15) is 11.1 Å². The van der Waals surface area contributed by atoms with E-state index in [1.54, 1.807) is 0 Å². The number of aromatic nitrogens is 3. The van der Waals surface area contributed by atoms with E-state index in [0.29, 0.717) is 43.1 Å². The summed E-state index contributed by atoms with van der Waals surface area (Å²) >= 11 is 1.21. The van der Waals surface area contributed by atoms with Crippen LogP contribution in [-0.4, -0.2) is 52.7 Å². The average Bonchev–Trinajstić information content (AvgIpc) is 3.22. The highest BCUT2D eigenvalue weighted by Gasteiger charge is 2.30. The van der Waals surface area contributed by atoms with Crippen molar-refractivity contribution in [3.8, 4) is 5.69 Å². The number of hydrogen-bond donors (Lipinski definition) is 1. The number of rotatable bonds is 6. The number of nitrogens with one attached hydrogen (secondary N) is 1. The fraction of sp³-hybridized carbons (Fsp3) is 0.318. The van der Waals surface area contributed by atoms with Gasteiger partial charge in [0.15, 0.2) is 5.16 Å². The van der Waals surface area contributed by atoms with E-state index in [9.17, 15) is 18.0 Å². The van der Waals surface area contributed by atoms with E-state index in [0.717, 1.165) is 23.4 Å². The first-order chi connectivity index (χ1) is 15.8. The number of morpholine rings is 1. The third kappa shape index (κ3) is 5.66. The number of benzene rings is 2. The zero-order chi connectivity index (χ0) is 23.4. The van der Waals surface area contributed by atoms with E-state index in [1.165, 1.54) is 23.9 Å². The van der Waals surface area contributed by atoms with Crippen molar-refractivity contribution >= 4 is 29.3 Å². The smallest absolute Gasteiger partial charge is 0.378 e. The monoisotopic (exact) mass is 477 g/mol. The summed E-state index contributed by atoms with van der Waals surface area (Å²) in [5.41, 5.74) is 1.48. The zero-order valence-corrected chi connectivity index (χ0v) is 18.6. The van der Waals surface area contributed by atoms with E-state index in [4.69, 9.17) is 4.74 Å². The third-order valence-electron chi connectivity index (χ3n) is 5.00. The van der Waals surface area contributed by atoms with Crippen molar-refractivity contribution in [2.75, 3.05) is 42.3 Å². The molecule has 0 spiro atoms.